The number of carbonyl (C=O) groups is 1. The van der Waals surface area contributed by atoms with E-state index in [4.69, 9.17) is 21.1 Å². The molecule has 3 saturated heterocycles. The fourth-order valence-electron chi connectivity index (χ4n) is 7.38. The van der Waals surface area contributed by atoms with Gasteiger partial charge in [-0.1, -0.05) is 17.7 Å². The molecule has 0 aliphatic carbocycles. The molecule has 42 heavy (non-hydrogen) atoms. The highest BCUT2D eigenvalue weighted by Gasteiger charge is 2.53. The van der Waals surface area contributed by atoms with Crippen molar-refractivity contribution in [1.29, 1.82) is 5.26 Å². The molecule has 4 aliphatic heterocycles. The lowest BCUT2D eigenvalue weighted by molar-refractivity contribution is -0.152. The maximum absolute atomic E-state index is 15.0. The Morgan fingerprint density at radius 1 is 1.05 bits per heavy atom. The number of ether oxygens (including phenoxy) is 2. The topological polar surface area (TPSA) is 65.8 Å². The number of nitrogens with zero attached hydrogens (tertiary/aromatic N) is 3. The van der Waals surface area contributed by atoms with E-state index in [0.29, 0.717) is 68.9 Å². The third-order valence-electron chi connectivity index (χ3n) is 9.77. The van der Waals surface area contributed by atoms with E-state index in [1.807, 2.05) is 0 Å². The molecular formula is C32H35ClF3N3O3. The Balaban J connectivity index is 1.25. The number of amides is 1. The number of hydrogen-bond donors (Lipinski definition) is 0. The number of likely N-dealkylation sites (tertiary alicyclic amines) is 2. The molecule has 224 valence electrons. The van der Waals surface area contributed by atoms with Crippen LogP contribution in [0.15, 0.2) is 30.3 Å². The molecule has 3 fully saturated rings. The molecule has 10 heteroatoms. The standard InChI is InChI=1S/C32H35ClF3N3O3/c1-31(2,18-37)29-22-14-26(33)28(36)15-25(22)32(42-29)7-9-38(10-8-32)30(40)24-17-39(20-5-11-41-12-6-20)16-23(24)21-4-3-19(34)13-27(21)35/h3-4,13-15,20,23-24,29H,5-12,16-17H2,1-2H3/t23-,24+,29-/m0/s1. The zero-order valence-electron chi connectivity index (χ0n) is 23.8. The van der Waals surface area contributed by atoms with E-state index in [2.05, 4.69) is 11.0 Å². The molecular weight excluding hydrogens is 567 g/mol. The molecule has 4 aliphatic rings. The minimum absolute atomic E-state index is 0.0184. The van der Waals surface area contributed by atoms with Gasteiger partial charge in [-0.25, -0.2) is 13.2 Å². The van der Waals surface area contributed by atoms with Gasteiger partial charge in [0.1, 0.15) is 23.6 Å². The van der Waals surface area contributed by atoms with Crippen LogP contribution >= 0.6 is 11.6 Å². The summed E-state index contributed by atoms with van der Waals surface area (Å²) in [6, 6.07) is 9.14. The van der Waals surface area contributed by atoms with Crippen LogP contribution in [0.25, 0.3) is 0 Å². The van der Waals surface area contributed by atoms with E-state index in [9.17, 15) is 18.8 Å². The van der Waals surface area contributed by atoms with Gasteiger partial charge in [0.15, 0.2) is 0 Å². The van der Waals surface area contributed by atoms with Gasteiger partial charge in [0.25, 0.3) is 0 Å². The first-order valence-corrected chi connectivity index (χ1v) is 15.0. The van der Waals surface area contributed by atoms with Gasteiger partial charge in [-0.2, -0.15) is 5.26 Å². The van der Waals surface area contributed by atoms with Gasteiger partial charge in [0.05, 0.1) is 28.0 Å². The lowest BCUT2D eigenvalue weighted by atomic mass is 9.80. The third-order valence-corrected chi connectivity index (χ3v) is 10.1. The van der Waals surface area contributed by atoms with Gasteiger partial charge >= 0.3 is 0 Å². The highest BCUT2D eigenvalue weighted by atomic mass is 35.5. The van der Waals surface area contributed by atoms with Crippen LogP contribution in [-0.2, 0) is 19.9 Å². The molecule has 2 aromatic rings. The number of fused-ring (bicyclic) bond motifs is 2. The maximum Gasteiger partial charge on any atom is 0.227 e. The summed E-state index contributed by atoms with van der Waals surface area (Å²) in [4.78, 5) is 18.2. The van der Waals surface area contributed by atoms with Crippen LogP contribution in [-0.4, -0.2) is 61.1 Å². The molecule has 0 aromatic heterocycles. The van der Waals surface area contributed by atoms with Gasteiger partial charge in [-0.05, 0) is 74.4 Å². The zero-order valence-corrected chi connectivity index (χ0v) is 24.6. The number of hydrogen-bond acceptors (Lipinski definition) is 5. The molecule has 0 unspecified atom stereocenters. The lowest BCUT2D eigenvalue weighted by Gasteiger charge is -2.41. The molecule has 0 N–H and O–H groups in total. The molecule has 4 heterocycles. The van der Waals surface area contributed by atoms with Gasteiger partial charge in [-0.15, -0.1) is 0 Å². The van der Waals surface area contributed by atoms with Crippen molar-refractivity contribution in [3.63, 3.8) is 0 Å². The van der Waals surface area contributed by atoms with Crippen molar-refractivity contribution < 1.29 is 27.4 Å². The number of rotatable bonds is 4. The zero-order chi connectivity index (χ0) is 29.8. The molecule has 0 bridgehead atoms. The van der Waals surface area contributed by atoms with E-state index >= 15 is 4.39 Å². The minimum atomic E-state index is -0.879. The quantitative estimate of drug-likeness (QED) is 0.424. The van der Waals surface area contributed by atoms with Crippen LogP contribution in [0.5, 0.6) is 0 Å². The third kappa shape index (κ3) is 5.11. The van der Waals surface area contributed by atoms with Crippen LogP contribution in [0.1, 0.15) is 68.2 Å². The Labute approximate surface area is 249 Å². The highest BCUT2D eigenvalue weighted by Crippen LogP contribution is 2.55. The molecule has 2 aromatic carbocycles. The largest absolute Gasteiger partial charge is 0.381 e. The lowest BCUT2D eigenvalue weighted by Crippen LogP contribution is -2.48. The second-order valence-corrected chi connectivity index (χ2v) is 13.1. The predicted octanol–water partition coefficient (Wildman–Crippen LogP) is 6.09. The minimum Gasteiger partial charge on any atom is -0.381 e. The summed E-state index contributed by atoms with van der Waals surface area (Å²) in [6.45, 7) is 6.63. The van der Waals surface area contributed by atoms with Crippen LogP contribution in [0.4, 0.5) is 13.2 Å². The number of piperidine rings is 1. The van der Waals surface area contributed by atoms with Crippen LogP contribution < -0.4 is 0 Å². The molecule has 0 saturated carbocycles. The van der Waals surface area contributed by atoms with Crippen LogP contribution in [0.2, 0.25) is 5.02 Å². The number of halogens is 4. The summed E-state index contributed by atoms with van der Waals surface area (Å²) < 4.78 is 55.6. The predicted molar refractivity (Wildman–Crippen MR) is 150 cm³/mol. The Morgan fingerprint density at radius 2 is 1.76 bits per heavy atom. The molecule has 6 nitrogen and oxygen atoms in total. The van der Waals surface area contributed by atoms with E-state index in [1.54, 1.807) is 24.8 Å². The summed E-state index contributed by atoms with van der Waals surface area (Å²) in [5, 5.41) is 9.83. The van der Waals surface area contributed by atoms with Gasteiger partial charge < -0.3 is 14.4 Å². The molecule has 1 spiro atoms. The number of carbonyl (C=O) groups excluding carboxylic acids is 1. The van der Waals surface area contributed by atoms with Crippen molar-refractivity contribution in [3.05, 3.63) is 69.5 Å². The number of benzene rings is 2. The molecule has 1 amide bonds. The first-order chi connectivity index (χ1) is 20.0. The summed E-state index contributed by atoms with van der Waals surface area (Å²) in [5.74, 6) is -2.78. The molecule has 6 rings (SSSR count). The molecule has 3 atom stereocenters. The van der Waals surface area contributed by atoms with Crippen molar-refractivity contribution >= 4 is 17.5 Å². The Hall–Kier alpha value is -2.64. The second-order valence-electron chi connectivity index (χ2n) is 12.7. The van der Waals surface area contributed by atoms with E-state index < -0.39 is 46.4 Å². The first kappa shape index (κ1) is 29.4. The second kappa shape index (κ2) is 11.1. The average Bonchev–Trinajstić information content (AvgIpc) is 3.55. The monoisotopic (exact) mass is 601 g/mol. The Kier molecular flexibility index (Phi) is 7.80. The first-order valence-electron chi connectivity index (χ1n) is 14.7. The summed E-state index contributed by atoms with van der Waals surface area (Å²) in [5.41, 5.74) is 0.0312. The highest BCUT2D eigenvalue weighted by molar-refractivity contribution is 6.30. The van der Waals surface area contributed by atoms with Crippen LogP contribution in [0, 0.1) is 40.1 Å². The summed E-state index contributed by atoms with van der Waals surface area (Å²) in [6.07, 6.45) is 1.96. The van der Waals surface area contributed by atoms with Crippen molar-refractivity contribution in [2.24, 2.45) is 11.3 Å². The van der Waals surface area contributed by atoms with E-state index in [-0.39, 0.29) is 17.0 Å². The van der Waals surface area contributed by atoms with Gasteiger partial charge in [0.2, 0.25) is 5.91 Å². The molecule has 0 radical (unpaired) electrons. The maximum atomic E-state index is 15.0. The fraction of sp³-hybridized carbons (Fsp3) is 0.562. The van der Waals surface area contributed by atoms with Crippen LogP contribution in [0.3, 0.4) is 0 Å². The summed E-state index contributed by atoms with van der Waals surface area (Å²) in [7, 11) is 0. The van der Waals surface area contributed by atoms with E-state index in [0.717, 1.165) is 18.9 Å². The van der Waals surface area contributed by atoms with Gasteiger partial charge in [0, 0.05) is 57.4 Å². The average molecular weight is 602 g/mol. The smallest absolute Gasteiger partial charge is 0.227 e. The van der Waals surface area contributed by atoms with Gasteiger partial charge in [-0.3, -0.25) is 9.69 Å². The SMILES string of the molecule is CC(C)(C#N)[C@H]1OC2(CCN(C(=O)[C@@H]3CN(C4CCOCC4)C[C@H]3c3ccc(F)cc3F)CC2)c2cc(F)c(Cl)cc21. The van der Waals surface area contributed by atoms with Crippen molar-refractivity contribution in [1.82, 2.24) is 9.80 Å². The number of nitriles is 1. The Morgan fingerprint density at radius 3 is 2.43 bits per heavy atom. The summed E-state index contributed by atoms with van der Waals surface area (Å²) >= 11 is 6.14. The normalized spacial score (nSPS) is 26.4. The Bertz CT molecular complexity index is 1420. The van der Waals surface area contributed by atoms with E-state index in [1.165, 1.54) is 18.2 Å². The van der Waals surface area contributed by atoms with Crippen molar-refractivity contribution in [2.75, 3.05) is 39.4 Å². The van der Waals surface area contributed by atoms with Crippen molar-refractivity contribution in [3.8, 4) is 6.07 Å². The van der Waals surface area contributed by atoms with Crippen molar-refractivity contribution in [2.45, 2.75) is 63.2 Å². The fourth-order valence-corrected chi connectivity index (χ4v) is 7.55.